The SMILES string of the molecule is COc1cc(OC)c(OC)cc1/C=C(/NC(=O)c1ccccc1)C(=O)Nc1cccc(SCC(=O)Nc2nc3ccc(C)cc3s2)c1. The van der Waals surface area contributed by atoms with E-state index in [0.717, 1.165) is 20.7 Å². The fraction of sp³-hybridized carbons (Fsp3) is 0.143. The van der Waals surface area contributed by atoms with Gasteiger partial charge in [0.05, 0.1) is 37.3 Å². The van der Waals surface area contributed by atoms with Gasteiger partial charge < -0.3 is 30.2 Å². The van der Waals surface area contributed by atoms with Crippen molar-refractivity contribution in [3.8, 4) is 17.2 Å². The predicted octanol–water partition coefficient (Wildman–Crippen LogP) is 6.77. The Morgan fingerprint density at radius 1 is 0.830 bits per heavy atom. The minimum absolute atomic E-state index is 0.0344. The van der Waals surface area contributed by atoms with Gasteiger partial charge >= 0.3 is 0 Å². The van der Waals surface area contributed by atoms with Crippen LogP contribution in [0.25, 0.3) is 16.3 Å². The number of hydrogen-bond donors (Lipinski definition) is 3. The first-order valence-corrected chi connectivity index (χ1v) is 16.2. The number of nitrogens with zero attached hydrogens (tertiary/aromatic N) is 1. The minimum atomic E-state index is -0.572. The Hall–Kier alpha value is -5.33. The van der Waals surface area contributed by atoms with E-state index in [1.54, 1.807) is 60.7 Å². The molecule has 10 nitrogen and oxygen atoms in total. The van der Waals surface area contributed by atoms with Gasteiger partial charge in [0.15, 0.2) is 16.6 Å². The van der Waals surface area contributed by atoms with Crippen LogP contribution >= 0.6 is 23.1 Å². The Bertz CT molecular complexity index is 1960. The smallest absolute Gasteiger partial charge is 0.272 e. The molecule has 0 unspecified atom stereocenters. The minimum Gasteiger partial charge on any atom is -0.496 e. The Kier molecular flexibility index (Phi) is 10.8. The van der Waals surface area contributed by atoms with Crippen molar-refractivity contribution in [2.45, 2.75) is 11.8 Å². The van der Waals surface area contributed by atoms with Crippen LogP contribution in [0.1, 0.15) is 21.5 Å². The van der Waals surface area contributed by atoms with Crippen LogP contribution in [-0.4, -0.2) is 49.8 Å². The molecule has 12 heteroatoms. The third-order valence-corrected chi connectivity index (χ3v) is 8.74. The number of aryl methyl sites for hydroxylation is 1. The van der Waals surface area contributed by atoms with Crippen molar-refractivity contribution in [3.05, 3.63) is 107 Å². The molecule has 3 amide bonds. The molecule has 0 bridgehead atoms. The Balaban J connectivity index is 1.32. The maximum absolute atomic E-state index is 13.7. The molecule has 0 aliphatic heterocycles. The van der Waals surface area contributed by atoms with Crippen LogP contribution in [0.5, 0.6) is 17.2 Å². The lowest BCUT2D eigenvalue weighted by Crippen LogP contribution is -2.30. The maximum Gasteiger partial charge on any atom is 0.272 e. The number of carbonyl (C=O) groups is 3. The van der Waals surface area contributed by atoms with Crippen LogP contribution in [-0.2, 0) is 9.59 Å². The van der Waals surface area contributed by atoms with Crippen LogP contribution in [0.3, 0.4) is 0 Å². The summed E-state index contributed by atoms with van der Waals surface area (Å²) in [6.45, 7) is 2.01. The summed E-state index contributed by atoms with van der Waals surface area (Å²) in [5.41, 5.74) is 3.26. The number of benzene rings is 4. The highest BCUT2D eigenvalue weighted by molar-refractivity contribution is 8.00. The van der Waals surface area contributed by atoms with Gasteiger partial charge in [0.25, 0.3) is 11.8 Å². The highest BCUT2D eigenvalue weighted by atomic mass is 32.2. The number of rotatable bonds is 12. The molecule has 3 N–H and O–H groups in total. The number of anilines is 2. The predicted molar refractivity (Wildman–Crippen MR) is 187 cm³/mol. The summed E-state index contributed by atoms with van der Waals surface area (Å²) in [7, 11) is 4.50. The van der Waals surface area contributed by atoms with Crippen LogP contribution < -0.4 is 30.2 Å². The standard InChI is InChI=1S/C35H32N4O6S2/c1-21-13-14-26-31(15-21)47-35(38-26)39-32(40)20-46-25-12-8-11-24(18-25)36-34(42)27(37-33(41)22-9-6-5-7-10-22)16-23-17-29(44-3)30(45-4)19-28(23)43-2/h5-19H,20H2,1-4H3,(H,36,42)(H,37,41)(H,38,39,40)/b27-16+. The first kappa shape index (κ1) is 33.0. The molecule has 0 atom stereocenters. The molecule has 4 aromatic carbocycles. The molecule has 0 radical (unpaired) electrons. The number of aromatic nitrogens is 1. The van der Waals surface area contributed by atoms with E-state index in [2.05, 4.69) is 20.9 Å². The zero-order valence-corrected chi connectivity index (χ0v) is 27.7. The average molecular weight is 669 g/mol. The number of amides is 3. The van der Waals surface area contributed by atoms with Gasteiger partial charge in [-0.2, -0.15) is 0 Å². The second-order valence-corrected chi connectivity index (χ2v) is 12.2. The van der Waals surface area contributed by atoms with Crippen molar-refractivity contribution in [2.75, 3.05) is 37.7 Å². The normalized spacial score (nSPS) is 11.1. The molecule has 5 rings (SSSR count). The zero-order chi connectivity index (χ0) is 33.3. The molecule has 0 spiro atoms. The second kappa shape index (κ2) is 15.3. The van der Waals surface area contributed by atoms with Gasteiger partial charge in [0.2, 0.25) is 5.91 Å². The number of ether oxygens (including phenoxy) is 3. The van der Waals surface area contributed by atoms with E-state index in [0.29, 0.717) is 39.2 Å². The molecule has 0 aliphatic rings. The monoisotopic (exact) mass is 668 g/mol. The maximum atomic E-state index is 13.7. The molecule has 47 heavy (non-hydrogen) atoms. The van der Waals surface area contributed by atoms with E-state index in [1.165, 1.54) is 50.5 Å². The lowest BCUT2D eigenvalue weighted by Gasteiger charge is -2.15. The van der Waals surface area contributed by atoms with Gasteiger partial charge in [0.1, 0.15) is 11.4 Å². The largest absolute Gasteiger partial charge is 0.496 e. The molecule has 0 aliphatic carbocycles. The topological polar surface area (TPSA) is 128 Å². The molecule has 240 valence electrons. The van der Waals surface area contributed by atoms with Gasteiger partial charge in [0, 0.05) is 27.8 Å². The number of methoxy groups -OCH3 is 3. The first-order valence-electron chi connectivity index (χ1n) is 14.4. The number of hydrogen-bond acceptors (Lipinski definition) is 9. The number of fused-ring (bicyclic) bond motifs is 1. The van der Waals surface area contributed by atoms with Crippen molar-refractivity contribution >= 4 is 67.9 Å². The van der Waals surface area contributed by atoms with Gasteiger partial charge in [-0.15, -0.1) is 11.8 Å². The molecule has 0 fully saturated rings. The van der Waals surface area contributed by atoms with E-state index in [1.807, 2.05) is 31.2 Å². The van der Waals surface area contributed by atoms with E-state index in [-0.39, 0.29) is 17.4 Å². The fourth-order valence-electron chi connectivity index (χ4n) is 4.52. The summed E-state index contributed by atoms with van der Waals surface area (Å²) in [6.07, 6.45) is 1.50. The Morgan fingerprint density at radius 2 is 1.57 bits per heavy atom. The van der Waals surface area contributed by atoms with Gasteiger partial charge in [-0.05, 0) is 67.1 Å². The Labute approximate surface area is 280 Å². The third-order valence-electron chi connectivity index (χ3n) is 6.82. The summed E-state index contributed by atoms with van der Waals surface area (Å²) < 4.78 is 17.4. The molecular weight excluding hydrogens is 637 g/mol. The van der Waals surface area contributed by atoms with Crippen molar-refractivity contribution in [1.29, 1.82) is 0 Å². The number of carbonyl (C=O) groups excluding carboxylic acids is 3. The van der Waals surface area contributed by atoms with Crippen molar-refractivity contribution in [3.63, 3.8) is 0 Å². The summed E-state index contributed by atoms with van der Waals surface area (Å²) in [5.74, 6) is 0.170. The average Bonchev–Trinajstić information content (AvgIpc) is 3.48. The van der Waals surface area contributed by atoms with Crippen molar-refractivity contribution in [1.82, 2.24) is 10.3 Å². The van der Waals surface area contributed by atoms with Crippen molar-refractivity contribution < 1.29 is 28.6 Å². The number of nitrogens with one attached hydrogen (secondary N) is 3. The van der Waals surface area contributed by atoms with Crippen LogP contribution in [0.4, 0.5) is 10.8 Å². The van der Waals surface area contributed by atoms with E-state index in [4.69, 9.17) is 14.2 Å². The van der Waals surface area contributed by atoms with Crippen LogP contribution in [0.2, 0.25) is 0 Å². The molecule has 5 aromatic rings. The van der Waals surface area contributed by atoms with E-state index >= 15 is 0 Å². The van der Waals surface area contributed by atoms with Gasteiger partial charge in [-0.25, -0.2) is 4.98 Å². The van der Waals surface area contributed by atoms with Crippen LogP contribution in [0, 0.1) is 6.92 Å². The molecule has 0 saturated heterocycles. The number of thioether (sulfide) groups is 1. The molecule has 1 heterocycles. The number of thiazole rings is 1. The highest BCUT2D eigenvalue weighted by Gasteiger charge is 2.18. The summed E-state index contributed by atoms with van der Waals surface area (Å²) in [6, 6.07) is 24.9. The lowest BCUT2D eigenvalue weighted by molar-refractivity contribution is -0.114. The zero-order valence-electron chi connectivity index (χ0n) is 26.1. The van der Waals surface area contributed by atoms with E-state index < -0.39 is 11.8 Å². The third kappa shape index (κ3) is 8.48. The molecular formula is C35H32N4O6S2. The molecule has 1 aromatic heterocycles. The van der Waals surface area contributed by atoms with Crippen molar-refractivity contribution in [2.24, 2.45) is 0 Å². The second-order valence-electron chi connectivity index (χ2n) is 10.1. The highest BCUT2D eigenvalue weighted by Crippen LogP contribution is 2.36. The van der Waals surface area contributed by atoms with Gasteiger partial charge in [-0.1, -0.05) is 41.7 Å². The first-order chi connectivity index (χ1) is 22.8. The lowest BCUT2D eigenvalue weighted by atomic mass is 10.1. The summed E-state index contributed by atoms with van der Waals surface area (Å²) >= 11 is 2.74. The quantitative estimate of drug-likeness (QED) is 0.0982. The van der Waals surface area contributed by atoms with Gasteiger partial charge in [-0.3, -0.25) is 14.4 Å². The summed E-state index contributed by atoms with van der Waals surface area (Å²) in [5, 5.41) is 8.99. The summed E-state index contributed by atoms with van der Waals surface area (Å²) in [4.78, 5) is 44.7. The Morgan fingerprint density at radius 3 is 2.32 bits per heavy atom. The fourth-order valence-corrected chi connectivity index (χ4v) is 6.25. The van der Waals surface area contributed by atoms with E-state index in [9.17, 15) is 14.4 Å². The molecule has 0 saturated carbocycles. The van der Waals surface area contributed by atoms with Crippen LogP contribution in [0.15, 0.2) is 95.5 Å².